The fraction of sp³-hybridized carbons (Fsp3) is 0.263. The quantitative estimate of drug-likeness (QED) is 0.242. The first kappa shape index (κ1) is 19.1. The van der Waals surface area contributed by atoms with Crippen molar-refractivity contribution in [3.8, 4) is 0 Å². The van der Waals surface area contributed by atoms with E-state index >= 15 is 0 Å². The molecule has 2 rings (SSSR count). The summed E-state index contributed by atoms with van der Waals surface area (Å²) in [6.45, 7) is 0.476. The first-order valence-electron chi connectivity index (χ1n) is 8.22. The molecule has 0 unspecified atom stereocenters. The van der Waals surface area contributed by atoms with Gasteiger partial charge in [-0.1, -0.05) is 30.3 Å². The van der Waals surface area contributed by atoms with Gasteiger partial charge in [0, 0.05) is 30.2 Å². The number of nitrogens with zero attached hydrogens (tertiary/aromatic N) is 1. The number of rotatable bonds is 9. The molecule has 0 spiro atoms. The minimum atomic E-state index is -0.515. The summed E-state index contributed by atoms with van der Waals surface area (Å²) in [6, 6.07) is 13.0. The van der Waals surface area contributed by atoms with Gasteiger partial charge in [-0.3, -0.25) is 19.7 Å². The van der Waals surface area contributed by atoms with E-state index in [1.54, 1.807) is 36.4 Å². The molecule has 26 heavy (non-hydrogen) atoms. The second kappa shape index (κ2) is 9.31. The molecule has 0 heterocycles. The Morgan fingerprint density at radius 3 is 2.46 bits per heavy atom. The summed E-state index contributed by atoms with van der Waals surface area (Å²) in [5.41, 5.74) is 0.932. The average molecular weight is 356 g/mol. The molecule has 136 valence electrons. The van der Waals surface area contributed by atoms with Gasteiger partial charge in [-0.25, -0.2) is 0 Å². The van der Waals surface area contributed by atoms with Crippen LogP contribution in [0, 0.1) is 10.1 Å². The van der Waals surface area contributed by atoms with E-state index in [0.29, 0.717) is 37.1 Å². The maximum atomic E-state index is 12.4. The lowest BCUT2D eigenvalue weighted by molar-refractivity contribution is -0.384. The molecule has 0 atom stereocenters. The summed E-state index contributed by atoms with van der Waals surface area (Å²) < 4.78 is 4.56. The van der Waals surface area contributed by atoms with Crippen LogP contribution in [-0.2, 0) is 9.53 Å². The topological polar surface area (TPSA) is 98.5 Å². The van der Waals surface area contributed by atoms with Crippen molar-refractivity contribution in [1.82, 2.24) is 0 Å². The first-order chi connectivity index (χ1) is 12.5. The van der Waals surface area contributed by atoms with Gasteiger partial charge < -0.3 is 10.1 Å². The maximum Gasteiger partial charge on any atom is 0.305 e. The van der Waals surface area contributed by atoms with Crippen molar-refractivity contribution in [1.29, 1.82) is 0 Å². The molecule has 0 radical (unpaired) electrons. The molecule has 1 N–H and O–H groups in total. The van der Waals surface area contributed by atoms with Gasteiger partial charge in [-0.05, 0) is 25.0 Å². The van der Waals surface area contributed by atoms with Crippen LogP contribution >= 0.6 is 0 Å². The molecule has 0 bridgehead atoms. The molecule has 0 aromatic heterocycles. The summed E-state index contributed by atoms with van der Waals surface area (Å²) in [6.07, 6.45) is 1.60. The van der Waals surface area contributed by atoms with Crippen LogP contribution in [0.1, 0.15) is 35.2 Å². The number of ether oxygens (including phenoxy) is 1. The highest BCUT2D eigenvalue weighted by atomic mass is 16.6. The Kier molecular flexibility index (Phi) is 6.84. The first-order valence-corrected chi connectivity index (χ1v) is 8.22. The van der Waals surface area contributed by atoms with Crippen LogP contribution in [0.4, 0.5) is 11.4 Å². The molecule has 7 heteroatoms. The highest BCUT2D eigenvalue weighted by Gasteiger charge is 2.18. The van der Waals surface area contributed by atoms with E-state index in [0.717, 1.165) is 0 Å². The molecule has 0 aliphatic rings. The highest BCUT2D eigenvalue weighted by Crippen LogP contribution is 2.26. The van der Waals surface area contributed by atoms with Crippen molar-refractivity contribution >= 4 is 23.1 Å². The van der Waals surface area contributed by atoms with Crippen molar-refractivity contribution in [2.24, 2.45) is 0 Å². The highest BCUT2D eigenvalue weighted by molar-refractivity contribution is 6.09. The van der Waals surface area contributed by atoms with Gasteiger partial charge in [0.25, 0.3) is 5.69 Å². The largest absolute Gasteiger partial charge is 0.469 e. The Hall–Kier alpha value is -3.22. The van der Waals surface area contributed by atoms with Crippen LogP contribution in [0.5, 0.6) is 0 Å². The Morgan fingerprint density at radius 2 is 1.81 bits per heavy atom. The number of esters is 1. The summed E-state index contributed by atoms with van der Waals surface area (Å²) in [7, 11) is 1.34. The molecular formula is C19H20N2O5. The van der Waals surface area contributed by atoms with Crippen LogP contribution in [0.2, 0.25) is 0 Å². The Bertz CT molecular complexity index is 790. The van der Waals surface area contributed by atoms with E-state index in [9.17, 15) is 19.7 Å². The fourth-order valence-electron chi connectivity index (χ4n) is 2.45. The Labute approximate surface area is 151 Å². The minimum absolute atomic E-state index is 0.153. The van der Waals surface area contributed by atoms with Crippen LogP contribution in [0.3, 0.4) is 0 Å². The third-order valence-corrected chi connectivity index (χ3v) is 3.84. The van der Waals surface area contributed by atoms with Gasteiger partial charge in [0.15, 0.2) is 5.78 Å². The summed E-state index contributed by atoms with van der Waals surface area (Å²) >= 11 is 0. The van der Waals surface area contributed by atoms with Gasteiger partial charge >= 0.3 is 5.97 Å². The molecule has 0 amide bonds. The second-order valence-electron chi connectivity index (χ2n) is 5.64. The van der Waals surface area contributed by atoms with Gasteiger partial charge in [0.05, 0.1) is 12.0 Å². The summed E-state index contributed by atoms with van der Waals surface area (Å²) in [4.78, 5) is 34.3. The number of benzene rings is 2. The number of methoxy groups -OCH3 is 1. The molecule has 0 fully saturated rings. The molecule has 0 aliphatic carbocycles. The molecule has 2 aromatic carbocycles. The zero-order valence-electron chi connectivity index (χ0n) is 14.4. The van der Waals surface area contributed by atoms with Crippen molar-refractivity contribution in [2.75, 3.05) is 19.0 Å². The molecule has 0 aliphatic heterocycles. The van der Waals surface area contributed by atoms with Crippen molar-refractivity contribution < 1.29 is 19.2 Å². The molecule has 0 saturated carbocycles. The number of nitro benzene ring substituents is 1. The minimum Gasteiger partial charge on any atom is -0.469 e. The van der Waals surface area contributed by atoms with E-state index in [-0.39, 0.29) is 23.0 Å². The SMILES string of the molecule is COC(=O)CCCCNc1ccc(C(=O)c2ccccc2)cc1[N+](=O)[O-]. The lowest BCUT2D eigenvalue weighted by Gasteiger charge is -2.08. The maximum absolute atomic E-state index is 12.4. The Balaban J connectivity index is 2.05. The van der Waals surface area contributed by atoms with Crippen LogP contribution < -0.4 is 5.32 Å². The van der Waals surface area contributed by atoms with Crippen molar-refractivity contribution in [3.63, 3.8) is 0 Å². The van der Waals surface area contributed by atoms with E-state index < -0.39 is 4.92 Å². The van der Waals surface area contributed by atoms with Gasteiger partial charge in [-0.2, -0.15) is 0 Å². The van der Waals surface area contributed by atoms with E-state index in [1.165, 1.54) is 19.2 Å². The molecular weight excluding hydrogens is 336 g/mol. The molecule has 7 nitrogen and oxygen atoms in total. The van der Waals surface area contributed by atoms with Crippen LogP contribution in [-0.4, -0.2) is 30.3 Å². The third-order valence-electron chi connectivity index (χ3n) is 3.84. The lowest BCUT2D eigenvalue weighted by Crippen LogP contribution is -2.08. The standard InChI is InChI=1S/C19H20N2O5/c1-26-18(22)9-5-6-12-20-16-11-10-15(13-17(16)21(24)25)19(23)14-7-3-2-4-8-14/h2-4,7-8,10-11,13,20H,5-6,9,12H2,1H3. The zero-order valence-corrected chi connectivity index (χ0v) is 14.4. The smallest absolute Gasteiger partial charge is 0.305 e. The van der Waals surface area contributed by atoms with Gasteiger partial charge in [-0.15, -0.1) is 0 Å². The van der Waals surface area contributed by atoms with E-state index in [4.69, 9.17) is 0 Å². The number of nitro groups is 1. The van der Waals surface area contributed by atoms with E-state index in [2.05, 4.69) is 10.1 Å². The van der Waals surface area contributed by atoms with Gasteiger partial charge in [0.2, 0.25) is 0 Å². The lowest BCUT2D eigenvalue weighted by atomic mass is 10.0. The normalized spacial score (nSPS) is 10.2. The summed E-state index contributed by atoms with van der Waals surface area (Å²) in [5.74, 6) is -0.543. The number of hydrogen-bond donors (Lipinski definition) is 1. The average Bonchev–Trinajstić information content (AvgIpc) is 2.67. The number of anilines is 1. The second-order valence-corrected chi connectivity index (χ2v) is 5.64. The molecule has 0 saturated heterocycles. The number of carbonyl (C=O) groups is 2. The number of nitrogens with one attached hydrogen (secondary N) is 1. The van der Waals surface area contributed by atoms with Crippen LogP contribution in [0.25, 0.3) is 0 Å². The summed E-state index contributed by atoms with van der Waals surface area (Å²) in [5, 5.41) is 14.3. The Morgan fingerprint density at radius 1 is 1.08 bits per heavy atom. The van der Waals surface area contributed by atoms with Gasteiger partial charge in [0.1, 0.15) is 5.69 Å². The number of ketones is 1. The fourth-order valence-corrected chi connectivity index (χ4v) is 2.45. The zero-order chi connectivity index (χ0) is 18.9. The number of unbranched alkanes of at least 4 members (excludes halogenated alkanes) is 1. The van der Waals surface area contributed by atoms with Crippen LogP contribution in [0.15, 0.2) is 48.5 Å². The molecule has 2 aromatic rings. The predicted octanol–water partition coefficient (Wildman–Crippen LogP) is 3.58. The number of carbonyl (C=O) groups excluding carboxylic acids is 2. The van der Waals surface area contributed by atoms with Crippen molar-refractivity contribution in [3.05, 3.63) is 69.8 Å². The van der Waals surface area contributed by atoms with Crippen molar-refractivity contribution in [2.45, 2.75) is 19.3 Å². The predicted molar refractivity (Wildman–Crippen MR) is 97.3 cm³/mol. The van der Waals surface area contributed by atoms with E-state index in [1.807, 2.05) is 0 Å². The monoisotopic (exact) mass is 356 g/mol. The third kappa shape index (κ3) is 5.14. The number of hydrogen-bond acceptors (Lipinski definition) is 6.